The second kappa shape index (κ2) is 5.18. The fraction of sp³-hybridized carbons (Fsp3) is 0.385. The molecule has 112 valence electrons. The van der Waals surface area contributed by atoms with E-state index in [1.54, 1.807) is 9.80 Å². The summed E-state index contributed by atoms with van der Waals surface area (Å²) in [6.45, 7) is 1.94. The zero-order valence-electron chi connectivity index (χ0n) is 11.1. The van der Waals surface area contributed by atoms with Crippen molar-refractivity contribution in [1.82, 2.24) is 15.1 Å². The summed E-state index contributed by atoms with van der Waals surface area (Å²) >= 11 is 3.19. The molecule has 0 radical (unpaired) electrons. The van der Waals surface area contributed by atoms with E-state index in [2.05, 4.69) is 21.2 Å². The highest BCUT2D eigenvalue weighted by Gasteiger charge is 2.37. The number of hydrogen-bond acceptors (Lipinski definition) is 3. The summed E-state index contributed by atoms with van der Waals surface area (Å²) in [7, 11) is 0. The Morgan fingerprint density at radius 2 is 2.19 bits per heavy atom. The van der Waals surface area contributed by atoms with Crippen molar-refractivity contribution in [1.29, 1.82) is 0 Å². The molecule has 3 N–H and O–H groups in total. The minimum Gasteiger partial charge on any atom is -0.396 e. The minimum atomic E-state index is -0.561. The number of carbonyl (C=O) groups is 2. The number of nitrogen functional groups attached to an aromatic ring is 1. The van der Waals surface area contributed by atoms with Gasteiger partial charge in [-0.05, 0) is 28.1 Å². The van der Waals surface area contributed by atoms with Crippen molar-refractivity contribution in [2.75, 3.05) is 31.9 Å². The van der Waals surface area contributed by atoms with Gasteiger partial charge < -0.3 is 20.9 Å². The lowest BCUT2D eigenvalue weighted by Crippen LogP contribution is -2.53. The van der Waals surface area contributed by atoms with E-state index in [1.165, 1.54) is 12.1 Å². The van der Waals surface area contributed by atoms with Crippen LogP contribution in [0.3, 0.4) is 0 Å². The Morgan fingerprint density at radius 3 is 2.95 bits per heavy atom. The van der Waals surface area contributed by atoms with Crippen molar-refractivity contribution in [3.05, 3.63) is 28.0 Å². The molecule has 2 aliphatic heterocycles. The van der Waals surface area contributed by atoms with E-state index >= 15 is 0 Å². The summed E-state index contributed by atoms with van der Waals surface area (Å²) in [6, 6.07) is 2.44. The summed E-state index contributed by atoms with van der Waals surface area (Å²) in [6.07, 6.45) is 0. The Bertz CT molecular complexity index is 624. The standard InChI is InChI=1S/C13H14BrFN4O2/c14-9-4-10(15)11(16)3-8(9)12(20)18-1-2-19-7(6-18)5-17-13(19)21/h3-4,7H,1-2,5-6,16H2,(H,17,21). The molecule has 1 atom stereocenters. The van der Waals surface area contributed by atoms with Gasteiger partial charge in [-0.3, -0.25) is 4.79 Å². The lowest BCUT2D eigenvalue weighted by atomic mass is 10.1. The van der Waals surface area contributed by atoms with Crippen molar-refractivity contribution in [3.63, 3.8) is 0 Å². The number of nitrogens with two attached hydrogens (primary N) is 1. The van der Waals surface area contributed by atoms with E-state index in [1.807, 2.05) is 0 Å². The van der Waals surface area contributed by atoms with Crippen molar-refractivity contribution in [3.8, 4) is 0 Å². The largest absolute Gasteiger partial charge is 0.396 e. The third-order valence-electron chi connectivity index (χ3n) is 3.84. The second-order valence-corrected chi connectivity index (χ2v) is 5.99. The average Bonchev–Trinajstić information content (AvgIpc) is 2.83. The number of benzene rings is 1. The zero-order valence-corrected chi connectivity index (χ0v) is 12.7. The maximum absolute atomic E-state index is 13.4. The highest BCUT2D eigenvalue weighted by molar-refractivity contribution is 9.10. The molecule has 0 bridgehead atoms. The van der Waals surface area contributed by atoms with Crippen LogP contribution in [0.5, 0.6) is 0 Å². The van der Waals surface area contributed by atoms with Gasteiger partial charge in [0.05, 0.1) is 17.3 Å². The predicted molar refractivity (Wildman–Crippen MR) is 78.3 cm³/mol. The van der Waals surface area contributed by atoms with Crippen LogP contribution in [-0.2, 0) is 0 Å². The number of nitrogens with zero attached hydrogens (tertiary/aromatic N) is 2. The summed E-state index contributed by atoms with van der Waals surface area (Å²) in [4.78, 5) is 27.5. The van der Waals surface area contributed by atoms with E-state index in [0.717, 1.165) is 0 Å². The van der Waals surface area contributed by atoms with Gasteiger partial charge in [0, 0.05) is 30.7 Å². The highest BCUT2D eigenvalue weighted by atomic mass is 79.9. The molecule has 3 amide bonds. The third kappa shape index (κ3) is 2.44. The Balaban J connectivity index is 1.80. The van der Waals surface area contributed by atoms with Crippen molar-refractivity contribution >= 4 is 33.6 Å². The summed E-state index contributed by atoms with van der Waals surface area (Å²) < 4.78 is 13.7. The topological polar surface area (TPSA) is 78.7 Å². The third-order valence-corrected chi connectivity index (χ3v) is 4.49. The van der Waals surface area contributed by atoms with Crippen LogP contribution in [0.25, 0.3) is 0 Å². The molecule has 6 nitrogen and oxygen atoms in total. The van der Waals surface area contributed by atoms with E-state index < -0.39 is 5.82 Å². The Hall–Kier alpha value is -1.83. The van der Waals surface area contributed by atoms with Gasteiger partial charge in [-0.15, -0.1) is 0 Å². The van der Waals surface area contributed by atoms with Gasteiger partial charge in [-0.2, -0.15) is 0 Å². The second-order valence-electron chi connectivity index (χ2n) is 5.14. The average molecular weight is 357 g/mol. The molecule has 2 saturated heterocycles. The van der Waals surface area contributed by atoms with Crippen LogP contribution in [0.2, 0.25) is 0 Å². The molecule has 0 saturated carbocycles. The lowest BCUT2D eigenvalue weighted by molar-refractivity contribution is 0.0616. The number of nitrogens with one attached hydrogen (secondary N) is 1. The van der Waals surface area contributed by atoms with Gasteiger partial charge in [0.15, 0.2) is 0 Å². The molecule has 0 aromatic heterocycles. The molecule has 21 heavy (non-hydrogen) atoms. The number of rotatable bonds is 1. The number of fused-ring (bicyclic) bond motifs is 1. The molecule has 8 heteroatoms. The maximum atomic E-state index is 13.4. The quantitative estimate of drug-likeness (QED) is 0.737. The Kier molecular flexibility index (Phi) is 3.48. The number of amides is 3. The molecule has 1 unspecified atom stereocenters. The van der Waals surface area contributed by atoms with Gasteiger partial charge in [0.1, 0.15) is 5.82 Å². The zero-order chi connectivity index (χ0) is 15.1. The number of anilines is 1. The van der Waals surface area contributed by atoms with Crippen LogP contribution in [0.1, 0.15) is 10.4 Å². The SMILES string of the molecule is Nc1cc(C(=O)N2CCN3C(=O)NCC3C2)c(Br)cc1F. The maximum Gasteiger partial charge on any atom is 0.317 e. The van der Waals surface area contributed by atoms with E-state index in [4.69, 9.17) is 5.73 Å². The summed E-state index contributed by atoms with van der Waals surface area (Å²) in [5.41, 5.74) is 5.81. The predicted octanol–water partition coefficient (Wildman–Crippen LogP) is 1.02. The van der Waals surface area contributed by atoms with E-state index in [9.17, 15) is 14.0 Å². The van der Waals surface area contributed by atoms with Gasteiger partial charge in [-0.1, -0.05) is 0 Å². The summed E-state index contributed by atoms with van der Waals surface area (Å²) in [5.74, 6) is -0.776. The van der Waals surface area contributed by atoms with Crippen molar-refractivity contribution < 1.29 is 14.0 Å². The van der Waals surface area contributed by atoms with Crippen LogP contribution in [0.4, 0.5) is 14.9 Å². The number of halogens is 2. The van der Waals surface area contributed by atoms with Crippen molar-refractivity contribution in [2.24, 2.45) is 0 Å². The normalized spacial score (nSPS) is 21.2. The van der Waals surface area contributed by atoms with Crippen LogP contribution in [0.15, 0.2) is 16.6 Å². The van der Waals surface area contributed by atoms with Crippen LogP contribution >= 0.6 is 15.9 Å². The van der Waals surface area contributed by atoms with E-state index in [-0.39, 0.29) is 23.7 Å². The molecular formula is C13H14BrFN4O2. The first-order valence-corrected chi connectivity index (χ1v) is 7.35. The first kappa shape index (κ1) is 14.1. The molecule has 2 fully saturated rings. The van der Waals surface area contributed by atoms with Gasteiger partial charge in [0.2, 0.25) is 0 Å². The van der Waals surface area contributed by atoms with E-state index in [0.29, 0.717) is 36.2 Å². The number of urea groups is 1. The summed E-state index contributed by atoms with van der Waals surface area (Å²) in [5, 5.41) is 2.76. The Morgan fingerprint density at radius 1 is 1.43 bits per heavy atom. The van der Waals surface area contributed by atoms with Gasteiger partial charge in [0.25, 0.3) is 5.91 Å². The molecule has 0 aliphatic carbocycles. The number of hydrogen-bond donors (Lipinski definition) is 2. The molecule has 0 spiro atoms. The Labute approximate surface area is 129 Å². The minimum absolute atomic E-state index is 0.00762. The number of carbonyl (C=O) groups excluding carboxylic acids is 2. The molecule has 2 heterocycles. The van der Waals surface area contributed by atoms with Crippen LogP contribution < -0.4 is 11.1 Å². The lowest BCUT2D eigenvalue weighted by Gasteiger charge is -2.36. The molecule has 2 aliphatic rings. The first-order valence-electron chi connectivity index (χ1n) is 6.55. The fourth-order valence-electron chi connectivity index (χ4n) is 2.69. The molecule has 3 rings (SSSR count). The molecule has 1 aromatic rings. The van der Waals surface area contributed by atoms with Crippen molar-refractivity contribution in [2.45, 2.75) is 6.04 Å². The van der Waals surface area contributed by atoms with Gasteiger partial charge in [-0.25, -0.2) is 9.18 Å². The monoisotopic (exact) mass is 356 g/mol. The van der Waals surface area contributed by atoms with Gasteiger partial charge >= 0.3 is 6.03 Å². The molecular weight excluding hydrogens is 343 g/mol. The fourth-order valence-corrected chi connectivity index (χ4v) is 3.17. The number of piperazine rings is 1. The first-order chi connectivity index (χ1) is 9.97. The molecule has 1 aromatic carbocycles. The van der Waals surface area contributed by atoms with Crippen LogP contribution in [0, 0.1) is 5.82 Å². The highest BCUT2D eigenvalue weighted by Crippen LogP contribution is 2.25. The van der Waals surface area contributed by atoms with Crippen LogP contribution in [-0.4, -0.2) is 54.0 Å². The smallest absolute Gasteiger partial charge is 0.317 e.